The van der Waals surface area contributed by atoms with Crippen molar-refractivity contribution in [2.75, 3.05) is 6.54 Å². The number of hydrogen-bond acceptors (Lipinski definition) is 3. The minimum atomic E-state index is -0.978. The van der Waals surface area contributed by atoms with Gasteiger partial charge in [0.05, 0.1) is 6.42 Å². The van der Waals surface area contributed by atoms with Crippen LogP contribution in [0.2, 0.25) is 0 Å². The second-order valence-electron chi connectivity index (χ2n) is 5.59. The highest BCUT2D eigenvalue weighted by Crippen LogP contribution is 2.14. The largest absolute Gasteiger partial charge is 0.481 e. The Balaban J connectivity index is 1.76. The number of amides is 1. The molecule has 136 valence electrons. The summed E-state index contributed by atoms with van der Waals surface area (Å²) in [6.07, 6.45) is 3.21. The first-order valence-electron chi connectivity index (χ1n) is 8.16. The van der Waals surface area contributed by atoms with E-state index in [1.807, 2.05) is 30.3 Å². The second-order valence-corrected chi connectivity index (χ2v) is 5.59. The monoisotopic (exact) mass is 357 g/mol. The molecule has 2 rings (SSSR count). The van der Waals surface area contributed by atoms with Crippen molar-refractivity contribution in [3.63, 3.8) is 0 Å². The normalized spacial score (nSPS) is 10.7. The molecule has 0 aromatic heterocycles. The van der Waals surface area contributed by atoms with E-state index in [1.54, 1.807) is 12.2 Å². The van der Waals surface area contributed by atoms with Gasteiger partial charge in [0.2, 0.25) is 0 Å². The van der Waals surface area contributed by atoms with E-state index in [1.165, 1.54) is 18.2 Å². The number of nitrogens with one attached hydrogen (secondary N) is 1. The molecule has 0 spiro atoms. The maximum atomic E-state index is 13.3. The van der Waals surface area contributed by atoms with Gasteiger partial charge in [-0.2, -0.15) is 0 Å². The first kappa shape index (κ1) is 19.2. The van der Waals surface area contributed by atoms with Crippen LogP contribution in [0.3, 0.4) is 0 Å². The van der Waals surface area contributed by atoms with E-state index in [0.717, 1.165) is 5.56 Å². The number of hydrogen-bond donors (Lipinski definition) is 2. The van der Waals surface area contributed by atoms with Gasteiger partial charge in [-0.05, 0) is 35.2 Å². The topological polar surface area (TPSA) is 75.6 Å². The number of alkyl carbamates (subject to hydrolysis) is 1. The second kappa shape index (κ2) is 9.98. The van der Waals surface area contributed by atoms with Crippen LogP contribution >= 0.6 is 0 Å². The number of carbonyl (C=O) groups is 2. The summed E-state index contributed by atoms with van der Waals surface area (Å²) in [7, 11) is 0. The highest BCUT2D eigenvalue weighted by atomic mass is 19.1. The number of carboxylic acid groups (broad SMARTS) is 1. The minimum absolute atomic E-state index is 0.177. The first-order chi connectivity index (χ1) is 12.5. The summed E-state index contributed by atoms with van der Waals surface area (Å²) in [5, 5.41) is 11.5. The molecule has 0 aliphatic rings. The first-order valence-corrected chi connectivity index (χ1v) is 8.16. The number of ether oxygens (including phenoxy) is 1. The molecule has 2 N–H and O–H groups in total. The predicted octanol–water partition coefficient (Wildman–Crippen LogP) is 3.78. The van der Waals surface area contributed by atoms with Gasteiger partial charge < -0.3 is 15.2 Å². The molecular formula is C20H20FNO4. The van der Waals surface area contributed by atoms with E-state index >= 15 is 0 Å². The molecule has 5 nitrogen and oxygen atoms in total. The van der Waals surface area contributed by atoms with Gasteiger partial charge in [0.25, 0.3) is 0 Å². The third kappa shape index (κ3) is 6.76. The van der Waals surface area contributed by atoms with Crippen molar-refractivity contribution >= 4 is 18.1 Å². The van der Waals surface area contributed by atoms with Crippen molar-refractivity contribution in [3.05, 3.63) is 77.1 Å². The molecule has 26 heavy (non-hydrogen) atoms. The van der Waals surface area contributed by atoms with Crippen molar-refractivity contribution in [2.24, 2.45) is 0 Å². The summed E-state index contributed by atoms with van der Waals surface area (Å²) in [5.41, 5.74) is 1.95. The molecule has 0 fully saturated rings. The maximum Gasteiger partial charge on any atom is 0.407 e. The zero-order chi connectivity index (χ0) is 18.8. The lowest BCUT2D eigenvalue weighted by molar-refractivity contribution is -0.136. The summed E-state index contributed by atoms with van der Waals surface area (Å²) in [6.45, 7) is 0.554. The van der Waals surface area contributed by atoms with Crippen molar-refractivity contribution in [2.45, 2.75) is 19.4 Å². The van der Waals surface area contributed by atoms with E-state index < -0.39 is 17.9 Å². The van der Waals surface area contributed by atoms with E-state index in [4.69, 9.17) is 9.84 Å². The Morgan fingerprint density at radius 1 is 1.15 bits per heavy atom. The van der Waals surface area contributed by atoms with Crippen molar-refractivity contribution < 1.29 is 23.8 Å². The molecule has 0 radical (unpaired) electrons. The van der Waals surface area contributed by atoms with Crippen LogP contribution in [0, 0.1) is 5.82 Å². The van der Waals surface area contributed by atoms with Crippen molar-refractivity contribution in [1.82, 2.24) is 5.32 Å². The minimum Gasteiger partial charge on any atom is -0.481 e. The van der Waals surface area contributed by atoms with Gasteiger partial charge in [-0.25, -0.2) is 9.18 Å². The average Bonchev–Trinajstić information content (AvgIpc) is 2.62. The van der Waals surface area contributed by atoms with Crippen molar-refractivity contribution in [1.29, 1.82) is 0 Å². The Bertz CT molecular complexity index is 775. The van der Waals surface area contributed by atoms with Gasteiger partial charge in [-0.15, -0.1) is 0 Å². The SMILES string of the molecule is O=C(O)Cc1ccc(F)cc1C=CCCNC(=O)OCc1ccccc1. The molecule has 0 heterocycles. The smallest absolute Gasteiger partial charge is 0.407 e. The van der Waals surface area contributed by atoms with Gasteiger partial charge in [-0.3, -0.25) is 4.79 Å². The van der Waals surface area contributed by atoms with Crippen LogP contribution in [0.4, 0.5) is 9.18 Å². The zero-order valence-electron chi connectivity index (χ0n) is 14.2. The van der Waals surface area contributed by atoms with Gasteiger partial charge in [0, 0.05) is 6.54 Å². The summed E-state index contributed by atoms with van der Waals surface area (Å²) in [5.74, 6) is -1.41. The summed E-state index contributed by atoms with van der Waals surface area (Å²) >= 11 is 0. The number of aliphatic carboxylic acids is 1. The van der Waals surface area contributed by atoms with Crippen LogP contribution in [0.1, 0.15) is 23.1 Å². The van der Waals surface area contributed by atoms with Crippen LogP contribution in [0.5, 0.6) is 0 Å². The predicted molar refractivity (Wildman–Crippen MR) is 96.0 cm³/mol. The lowest BCUT2D eigenvalue weighted by atomic mass is 10.0. The Hall–Kier alpha value is -3.15. The highest BCUT2D eigenvalue weighted by Gasteiger charge is 2.06. The molecule has 2 aromatic rings. The third-order valence-electron chi connectivity index (χ3n) is 3.54. The number of carbonyl (C=O) groups excluding carboxylic acids is 1. The van der Waals surface area contributed by atoms with Gasteiger partial charge in [0.15, 0.2) is 0 Å². The molecule has 0 aliphatic carbocycles. The van der Waals surface area contributed by atoms with E-state index in [2.05, 4.69) is 5.32 Å². The van der Waals surface area contributed by atoms with Gasteiger partial charge >= 0.3 is 12.1 Å². The van der Waals surface area contributed by atoms with Gasteiger partial charge in [-0.1, -0.05) is 48.6 Å². The lowest BCUT2D eigenvalue weighted by Gasteiger charge is -2.06. The maximum absolute atomic E-state index is 13.3. The fourth-order valence-electron chi connectivity index (χ4n) is 2.29. The Kier molecular flexibility index (Phi) is 7.36. The van der Waals surface area contributed by atoms with Crippen LogP contribution in [0.15, 0.2) is 54.6 Å². The zero-order valence-corrected chi connectivity index (χ0v) is 14.2. The number of rotatable bonds is 8. The average molecular weight is 357 g/mol. The molecule has 6 heteroatoms. The fourth-order valence-corrected chi connectivity index (χ4v) is 2.29. The van der Waals surface area contributed by atoms with E-state index in [-0.39, 0.29) is 13.0 Å². The number of carboxylic acids is 1. The van der Waals surface area contributed by atoms with Gasteiger partial charge in [0.1, 0.15) is 12.4 Å². The van der Waals surface area contributed by atoms with E-state index in [9.17, 15) is 14.0 Å². The lowest BCUT2D eigenvalue weighted by Crippen LogP contribution is -2.24. The molecule has 0 unspecified atom stereocenters. The summed E-state index contributed by atoms with van der Waals surface area (Å²) < 4.78 is 18.4. The molecule has 1 amide bonds. The Labute approximate surface area is 151 Å². The standard InChI is InChI=1S/C20H20FNO4/c21-18-10-9-17(13-19(23)24)16(12-18)8-4-5-11-22-20(25)26-14-15-6-2-1-3-7-15/h1-4,6-10,12H,5,11,13-14H2,(H,22,25)(H,23,24). The van der Waals surface area contributed by atoms with Crippen LogP contribution < -0.4 is 5.32 Å². The Morgan fingerprint density at radius 2 is 1.92 bits per heavy atom. The third-order valence-corrected chi connectivity index (χ3v) is 3.54. The molecule has 0 saturated heterocycles. The molecule has 0 saturated carbocycles. The van der Waals surface area contributed by atoms with Crippen LogP contribution in [-0.4, -0.2) is 23.7 Å². The summed E-state index contributed by atoms with van der Waals surface area (Å²) in [6, 6.07) is 13.3. The summed E-state index contributed by atoms with van der Waals surface area (Å²) in [4.78, 5) is 22.4. The van der Waals surface area contributed by atoms with Crippen LogP contribution in [0.25, 0.3) is 6.08 Å². The highest BCUT2D eigenvalue weighted by molar-refractivity contribution is 5.72. The molecular weight excluding hydrogens is 337 g/mol. The molecule has 0 aliphatic heterocycles. The number of benzene rings is 2. The van der Waals surface area contributed by atoms with Crippen LogP contribution in [-0.2, 0) is 22.6 Å². The molecule has 0 atom stereocenters. The van der Waals surface area contributed by atoms with E-state index in [0.29, 0.717) is 24.1 Å². The van der Waals surface area contributed by atoms with Crippen molar-refractivity contribution in [3.8, 4) is 0 Å². The molecule has 0 bridgehead atoms. The number of halogens is 1. The molecule has 2 aromatic carbocycles. The quantitative estimate of drug-likeness (QED) is 0.705. The fraction of sp³-hybridized carbons (Fsp3) is 0.200. The Morgan fingerprint density at radius 3 is 2.65 bits per heavy atom.